The van der Waals surface area contributed by atoms with Crippen LogP contribution >= 0.6 is 11.3 Å². The fourth-order valence-corrected chi connectivity index (χ4v) is 2.18. The smallest absolute Gasteiger partial charge is 0.264 e. The van der Waals surface area contributed by atoms with Gasteiger partial charge in [-0.05, 0) is 18.2 Å². The van der Waals surface area contributed by atoms with Crippen LogP contribution in [0.15, 0.2) is 40.6 Å². The molecule has 5 heteroatoms. The largest absolute Gasteiger partial charge is 0.268 e. The Labute approximate surface area is 94.6 Å². The first-order valence-corrected chi connectivity index (χ1v) is 5.60. The standard InChI is InChI=1S/C11H7N3OS/c15-11-4-2-8(13-14-11)7-1-3-10-9(5-7)12-6-16-10/h1-6H,(H,14,15). The summed E-state index contributed by atoms with van der Waals surface area (Å²) in [5.41, 5.74) is 4.27. The van der Waals surface area contributed by atoms with E-state index in [1.54, 1.807) is 17.4 Å². The average Bonchev–Trinajstić information content (AvgIpc) is 2.77. The molecule has 0 aliphatic rings. The molecule has 0 spiro atoms. The molecule has 0 unspecified atom stereocenters. The molecule has 1 aromatic carbocycles. The number of benzene rings is 1. The van der Waals surface area contributed by atoms with Crippen molar-refractivity contribution in [2.45, 2.75) is 0 Å². The number of hydrogen-bond donors (Lipinski definition) is 1. The van der Waals surface area contributed by atoms with Crippen LogP contribution in [0.2, 0.25) is 0 Å². The Bertz CT molecular complexity index is 681. The summed E-state index contributed by atoms with van der Waals surface area (Å²) < 4.78 is 1.15. The maximum Gasteiger partial charge on any atom is 0.264 e. The van der Waals surface area contributed by atoms with Gasteiger partial charge in [-0.1, -0.05) is 6.07 Å². The lowest BCUT2D eigenvalue weighted by Gasteiger charge is -1.98. The molecule has 0 amide bonds. The van der Waals surface area contributed by atoms with Gasteiger partial charge in [0.05, 0.1) is 21.4 Å². The summed E-state index contributed by atoms with van der Waals surface area (Å²) in [4.78, 5) is 15.1. The molecule has 0 saturated carbocycles. The summed E-state index contributed by atoms with van der Waals surface area (Å²) >= 11 is 1.60. The molecule has 2 aromatic heterocycles. The van der Waals surface area contributed by atoms with Gasteiger partial charge in [0.1, 0.15) is 0 Å². The van der Waals surface area contributed by atoms with Crippen molar-refractivity contribution in [1.29, 1.82) is 0 Å². The van der Waals surface area contributed by atoms with E-state index >= 15 is 0 Å². The fourth-order valence-electron chi connectivity index (χ4n) is 1.52. The van der Waals surface area contributed by atoms with Crippen molar-refractivity contribution in [2.75, 3.05) is 0 Å². The molecule has 1 N–H and O–H groups in total. The second kappa shape index (κ2) is 3.53. The second-order valence-electron chi connectivity index (χ2n) is 3.34. The number of aromatic nitrogens is 3. The molecular formula is C11H7N3OS. The van der Waals surface area contributed by atoms with Crippen LogP contribution in [-0.4, -0.2) is 15.2 Å². The van der Waals surface area contributed by atoms with Gasteiger partial charge in [-0.15, -0.1) is 11.3 Å². The first kappa shape index (κ1) is 9.23. The van der Waals surface area contributed by atoms with Crippen molar-refractivity contribution in [3.63, 3.8) is 0 Å². The van der Waals surface area contributed by atoms with Gasteiger partial charge in [0.15, 0.2) is 0 Å². The van der Waals surface area contributed by atoms with E-state index in [9.17, 15) is 4.79 Å². The summed E-state index contributed by atoms with van der Waals surface area (Å²) in [5.74, 6) is 0. The van der Waals surface area contributed by atoms with Crippen molar-refractivity contribution in [3.05, 3.63) is 46.2 Å². The van der Waals surface area contributed by atoms with Crippen LogP contribution in [0.1, 0.15) is 0 Å². The summed E-state index contributed by atoms with van der Waals surface area (Å²) in [6.45, 7) is 0. The highest BCUT2D eigenvalue weighted by Crippen LogP contribution is 2.23. The van der Waals surface area contributed by atoms with Crippen LogP contribution in [0.4, 0.5) is 0 Å². The Morgan fingerprint density at radius 3 is 2.94 bits per heavy atom. The highest BCUT2D eigenvalue weighted by molar-refractivity contribution is 7.16. The topological polar surface area (TPSA) is 58.6 Å². The quantitative estimate of drug-likeness (QED) is 0.694. The Hall–Kier alpha value is -2.01. The number of fused-ring (bicyclic) bond motifs is 1. The van der Waals surface area contributed by atoms with Gasteiger partial charge >= 0.3 is 0 Å². The molecule has 0 atom stereocenters. The van der Waals surface area contributed by atoms with E-state index in [2.05, 4.69) is 15.2 Å². The second-order valence-corrected chi connectivity index (χ2v) is 4.23. The number of aromatic amines is 1. The van der Waals surface area contributed by atoms with Crippen LogP contribution in [0.3, 0.4) is 0 Å². The monoisotopic (exact) mass is 229 g/mol. The number of thiazole rings is 1. The molecule has 78 valence electrons. The fraction of sp³-hybridized carbons (Fsp3) is 0. The zero-order valence-corrected chi connectivity index (χ0v) is 8.99. The highest BCUT2D eigenvalue weighted by atomic mass is 32.1. The number of rotatable bonds is 1. The summed E-state index contributed by atoms with van der Waals surface area (Å²) in [6.07, 6.45) is 0. The third-order valence-electron chi connectivity index (χ3n) is 2.31. The number of nitrogens with zero attached hydrogens (tertiary/aromatic N) is 2. The van der Waals surface area contributed by atoms with E-state index in [0.29, 0.717) is 0 Å². The number of hydrogen-bond acceptors (Lipinski definition) is 4. The Kier molecular flexibility index (Phi) is 2.04. The minimum Gasteiger partial charge on any atom is -0.268 e. The third-order valence-corrected chi connectivity index (χ3v) is 3.12. The molecule has 16 heavy (non-hydrogen) atoms. The molecular weight excluding hydrogens is 222 g/mol. The minimum atomic E-state index is -0.196. The molecule has 3 rings (SSSR count). The van der Waals surface area contributed by atoms with Gasteiger partial charge in [0, 0.05) is 11.6 Å². The molecule has 0 fully saturated rings. The van der Waals surface area contributed by atoms with Crippen LogP contribution < -0.4 is 5.56 Å². The van der Waals surface area contributed by atoms with Crippen molar-refractivity contribution in [1.82, 2.24) is 15.2 Å². The summed E-state index contributed by atoms with van der Waals surface area (Å²) in [5, 5.41) is 6.39. The van der Waals surface area contributed by atoms with Crippen molar-refractivity contribution in [2.24, 2.45) is 0 Å². The Morgan fingerprint density at radius 1 is 1.19 bits per heavy atom. The van der Waals surface area contributed by atoms with E-state index < -0.39 is 0 Å². The van der Waals surface area contributed by atoms with Gasteiger partial charge in [-0.25, -0.2) is 10.1 Å². The van der Waals surface area contributed by atoms with Crippen LogP contribution in [-0.2, 0) is 0 Å². The Morgan fingerprint density at radius 2 is 2.12 bits per heavy atom. The zero-order valence-electron chi connectivity index (χ0n) is 8.18. The normalized spacial score (nSPS) is 10.8. The minimum absolute atomic E-state index is 0.196. The maximum absolute atomic E-state index is 10.9. The van der Waals surface area contributed by atoms with Crippen molar-refractivity contribution < 1.29 is 0 Å². The van der Waals surface area contributed by atoms with Crippen LogP contribution in [0.25, 0.3) is 21.5 Å². The maximum atomic E-state index is 10.9. The van der Waals surface area contributed by atoms with Gasteiger partial charge in [0.2, 0.25) is 0 Å². The first-order valence-electron chi connectivity index (χ1n) is 4.72. The van der Waals surface area contributed by atoms with E-state index in [1.807, 2.05) is 23.7 Å². The van der Waals surface area contributed by atoms with Crippen molar-refractivity contribution >= 4 is 21.6 Å². The van der Waals surface area contributed by atoms with E-state index in [1.165, 1.54) is 6.07 Å². The molecule has 0 bridgehead atoms. The zero-order chi connectivity index (χ0) is 11.0. The molecule has 0 saturated heterocycles. The molecule has 3 aromatic rings. The lowest BCUT2D eigenvalue weighted by Crippen LogP contribution is -2.05. The van der Waals surface area contributed by atoms with Gasteiger partial charge in [-0.3, -0.25) is 4.79 Å². The average molecular weight is 229 g/mol. The van der Waals surface area contributed by atoms with Crippen LogP contribution in [0.5, 0.6) is 0 Å². The summed E-state index contributed by atoms with van der Waals surface area (Å²) in [6, 6.07) is 9.11. The molecule has 0 radical (unpaired) electrons. The molecule has 0 aliphatic carbocycles. The number of H-pyrrole nitrogens is 1. The highest BCUT2D eigenvalue weighted by Gasteiger charge is 2.02. The van der Waals surface area contributed by atoms with E-state index in [0.717, 1.165) is 21.5 Å². The molecule has 2 heterocycles. The predicted octanol–water partition coefficient (Wildman–Crippen LogP) is 2.05. The lowest BCUT2D eigenvalue weighted by atomic mass is 10.1. The Balaban J connectivity index is 2.17. The van der Waals surface area contributed by atoms with Gasteiger partial charge < -0.3 is 0 Å². The first-order chi connectivity index (χ1) is 7.83. The SMILES string of the molecule is O=c1ccc(-c2ccc3scnc3c2)n[nH]1. The van der Waals surface area contributed by atoms with Gasteiger partial charge in [-0.2, -0.15) is 5.10 Å². The summed E-state index contributed by atoms with van der Waals surface area (Å²) in [7, 11) is 0. The lowest BCUT2D eigenvalue weighted by molar-refractivity contribution is 0.995. The van der Waals surface area contributed by atoms with Gasteiger partial charge in [0.25, 0.3) is 5.56 Å². The predicted molar refractivity (Wildman–Crippen MR) is 63.5 cm³/mol. The van der Waals surface area contributed by atoms with E-state index in [-0.39, 0.29) is 5.56 Å². The van der Waals surface area contributed by atoms with E-state index in [4.69, 9.17) is 0 Å². The van der Waals surface area contributed by atoms with Crippen LogP contribution in [0, 0.1) is 0 Å². The molecule has 0 aliphatic heterocycles. The van der Waals surface area contributed by atoms with Crippen molar-refractivity contribution in [3.8, 4) is 11.3 Å². The number of nitrogens with one attached hydrogen (secondary N) is 1. The molecule has 4 nitrogen and oxygen atoms in total. The third kappa shape index (κ3) is 1.51.